The first-order chi connectivity index (χ1) is 9.24. The van der Waals surface area contributed by atoms with Gasteiger partial charge in [-0.25, -0.2) is 4.79 Å². The van der Waals surface area contributed by atoms with Crippen LogP contribution in [0.25, 0.3) is 0 Å². The van der Waals surface area contributed by atoms with Gasteiger partial charge >= 0.3 is 6.09 Å². The third-order valence-corrected chi connectivity index (χ3v) is 3.33. The van der Waals surface area contributed by atoms with Crippen molar-refractivity contribution in [2.45, 2.75) is 19.5 Å². The Balaban J connectivity index is 2.01. The molecule has 5 heteroatoms. The Labute approximate surface area is 113 Å². The Morgan fingerprint density at radius 3 is 3.05 bits per heavy atom. The topological polar surface area (TPSA) is 61.8 Å². The van der Waals surface area contributed by atoms with Crippen molar-refractivity contribution in [3.05, 3.63) is 34.9 Å². The fourth-order valence-corrected chi connectivity index (χ4v) is 2.31. The normalized spacial score (nSPS) is 14.1. The number of aliphatic hydroxyl groups is 1. The third-order valence-electron chi connectivity index (χ3n) is 3.33. The van der Waals surface area contributed by atoms with Crippen LogP contribution in [0.1, 0.15) is 16.7 Å². The molecule has 1 heterocycles. The van der Waals surface area contributed by atoms with Crippen molar-refractivity contribution in [1.29, 1.82) is 0 Å². The predicted octanol–water partition coefficient (Wildman–Crippen LogP) is 0.893. The first kappa shape index (κ1) is 13.8. The molecule has 1 aromatic rings. The molecule has 19 heavy (non-hydrogen) atoms. The van der Waals surface area contributed by atoms with E-state index in [2.05, 4.69) is 23.5 Å². The number of hydrogen-bond donors (Lipinski definition) is 2. The minimum absolute atomic E-state index is 0.152. The quantitative estimate of drug-likeness (QED) is 0.793. The van der Waals surface area contributed by atoms with Crippen LogP contribution in [-0.4, -0.2) is 42.9 Å². The number of benzene rings is 1. The molecule has 1 aliphatic heterocycles. The fourth-order valence-electron chi connectivity index (χ4n) is 2.31. The van der Waals surface area contributed by atoms with Crippen LogP contribution in [0, 0.1) is 0 Å². The lowest BCUT2D eigenvalue weighted by Gasteiger charge is -2.28. The van der Waals surface area contributed by atoms with Crippen LogP contribution in [0.2, 0.25) is 0 Å². The number of nitrogens with one attached hydrogen (secondary N) is 1. The molecule has 1 amide bonds. The first-order valence-corrected chi connectivity index (χ1v) is 6.49. The number of aliphatic hydroxyl groups excluding tert-OH is 1. The van der Waals surface area contributed by atoms with E-state index < -0.39 is 0 Å². The minimum Gasteiger partial charge on any atom is -0.453 e. The summed E-state index contributed by atoms with van der Waals surface area (Å²) < 4.78 is 4.75. The molecule has 0 radical (unpaired) electrons. The summed E-state index contributed by atoms with van der Waals surface area (Å²) in [6, 6.07) is 6.30. The predicted molar refractivity (Wildman–Crippen MR) is 71.8 cm³/mol. The van der Waals surface area contributed by atoms with Crippen LogP contribution < -0.4 is 5.32 Å². The van der Waals surface area contributed by atoms with Gasteiger partial charge in [0.2, 0.25) is 0 Å². The molecule has 0 aliphatic carbocycles. The van der Waals surface area contributed by atoms with E-state index in [4.69, 9.17) is 9.84 Å². The van der Waals surface area contributed by atoms with Crippen molar-refractivity contribution in [3.63, 3.8) is 0 Å². The van der Waals surface area contributed by atoms with Crippen LogP contribution in [0.5, 0.6) is 0 Å². The molecule has 0 unspecified atom stereocenters. The average molecular weight is 264 g/mol. The van der Waals surface area contributed by atoms with Gasteiger partial charge in [-0.2, -0.15) is 0 Å². The van der Waals surface area contributed by atoms with Gasteiger partial charge in [-0.3, -0.25) is 0 Å². The largest absolute Gasteiger partial charge is 0.453 e. The van der Waals surface area contributed by atoms with Gasteiger partial charge in [0, 0.05) is 26.2 Å². The summed E-state index contributed by atoms with van der Waals surface area (Å²) in [5, 5.41) is 11.9. The van der Waals surface area contributed by atoms with E-state index in [1.165, 1.54) is 23.8 Å². The first-order valence-electron chi connectivity index (χ1n) is 6.49. The summed E-state index contributed by atoms with van der Waals surface area (Å²) in [6.07, 6.45) is 0.595. The number of carbonyl (C=O) groups is 1. The van der Waals surface area contributed by atoms with E-state index in [0.717, 1.165) is 13.0 Å². The van der Waals surface area contributed by atoms with Crippen LogP contribution >= 0.6 is 0 Å². The average Bonchev–Trinajstić information content (AvgIpc) is 2.46. The molecule has 1 aromatic carbocycles. The molecular weight excluding hydrogens is 244 g/mol. The Kier molecular flexibility index (Phi) is 4.76. The van der Waals surface area contributed by atoms with Gasteiger partial charge in [0.1, 0.15) is 0 Å². The molecule has 0 bridgehead atoms. The minimum atomic E-state index is -0.265. The second-order valence-corrected chi connectivity index (χ2v) is 4.65. The Hall–Kier alpha value is -1.59. The van der Waals surface area contributed by atoms with Gasteiger partial charge < -0.3 is 20.1 Å². The Bertz CT molecular complexity index is 448. The summed E-state index contributed by atoms with van der Waals surface area (Å²) in [7, 11) is 1.41. The summed E-state index contributed by atoms with van der Waals surface area (Å²) in [5.41, 5.74) is 3.68. The van der Waals surface area contributed by atoms with E-state index in [1.807, 2.05) is 0 Å². The van der Waals surface area contributed by atoms with Gasteiger partial charge in [0.15, 0.2) is 0 Å². The number of carbonyl (C=O) groups excluding carboxylic acids is 1. The lowest BCUT2D eigenvalue weighted by atomic mass is 9.97. The third kappa shape index (κ3) is 3.45. The Morgan fingerprint density at radius 1 is 1.47 bits per heavy atom. The molecule has 1 aliphatic rings. The zero-order valence-corrected chi connectivity index (χ0v) is 11.2. The molecule has 0 saturated heterocycles. The Morgan fingerprint density at radius 2 is 2.32 bits per heavy atom. The number of hydrogen-bond acceptors (Lipinski definition) is 4. The number of ether oxygens (including phenoxy) is 1. The molecular formula is C14H20N2O3. The van der Waals surface area contributed by atoms with Gasteiger partial charge in [-0.1, -0.05) is 18.2 Å². The molecule has 0 aromatic heterocycles. The number of amides is 1. The molecule has 0 fully saturated rings. The van der Waals surface area contributed by atoms with Crippen molar-refractivity contribution in [2.24, 2.45) is 0 Å². The second-order valence-electron chi connectivity index (χ2n) is 4.65. The van der Waals surface area contributed by atoms with Crippen LogP contribution in [0.4, 0.5) is 4.79 Å². The highest BCUT2D eigenvalue weighted by molar-refractivity contribution is 5.68. The van der Waals surface area contributed by atoms with Crippen LogP contribution in [0.15, 0.2) is 18.2 Å². The fraction of sp³-hybridized carbons (Fsp3) is 0.500. The van der Waals surface area contributed by atoms with Crippen molar-refractivity contribution < 1.29 is 14.6 Å². The number of methoxy groups -OCH3 is 1. The van der Waals surface area contributed by atoms with E-state index in [1.54, 1.807) is 4.90 Å². The van der Waals surface area contributed by atoms with Gasteiger partial charge in [-0.15, -0.1) is 0 Å². The van der Waals surface area contributed by atoms with Crippen molar-refractivity contribution in [2.75, 3.05) is 26.8 Å². The molecule has 5 nitrogen and oxygen atoms in total. The van der Waals surface area contributed by atoms with Gasteiger partial charge in [0.05, 0.1) is 13.7 Å². The van der Waals surface area contributed by atoms with E-state index in [9.17, 15) is 4.79 Å². The highest BCUT2D eigenvalue weighted by Gasteiger charge is 2.20. The lowest BCUT2D eigenvalue weighted by Crippen LogP contribution is -2.35. The molecule has 0 spiro atoms. The number of nitrogens with zero attached hydrogens (tertiary/aromatic N) is 1. The number of rotatable bonds is 4. The van der Waals surface area contributed by atoms with Gasteiger partial charge in [-0.05, 0) is 23.1 Å². The summed E-state index contributed by atoms with van der Waals surface area (Å²) >= 11 is 0. The standard InChI is InChI=1S/C14H20N2O3/c1-19-14(18)16-6-4-12-8-11(9-15-5-7-17)2-3-13(12)10-16/h2-3,8,15,17H,4-7,9-10H2,1H3. The van der Waals surface area contributed by atoms with Crippen LogP contribution in [-0.2, 0) is 24.2 Å². The summed E-state index contributed by atoms with van der Waals surface area (Å²) in [6.45, 7) is 2.83. The van der Waals surface area contributed by atoms with E-state index in [0.29, 0.717) is 19.6 Å². The highest BCUT2D eigenvalue weighted by Crippen LogP contribution is 2.20. The highest BCUT2D eigenvalue weighted by atomic mass is 16.5. The second kappa shape index (κ2) is 6.54. The van der Waals surface area contributed by atoms with Crippen molar-refractivity contribution in [3.8, 4) is 0 Å². The van der Waals surface area contributed by atoms with Gasteiger partial charge in [0.25, 0.3) is 0 Å². The molecule has 0 atom stereocenters. The molecule has 2 N–H and O–H groups in total. The zero-order chi connectivity index (χ0) is 13.7. The maximum atomic E-state index is 11.5. The maximum Gasteiger partial charge on any atom is 0.409 e. The maximum absolute atomic E-state index is 11.5. The SMILES string of the molecule is COC(=O)N1CCc2cc(CNCCO)ccc2C1. The van der Waals surface area contributed by atoms with Crippen molar-refractivity contribution in [1.82, 2.24) is 10.2 Å². The monoisotopic (exact) mass is 264 g/mol. The summed E-state index contributed by atoms with van der Waals surface area (Å²) in [5.74, 6) is 0. The number of fused-ring (bicyclic) bond motifs is 1. The molecule has 104 valence electrons. The lowest BCUT2D eigenvalue weighted by molar-refractivity contribution is 0.118. The van der Waals surface area contributed by atoms with E-state index in [-0.39, 0.29) is 12.7 Å². The molecule has 0 saturated carbocycles. The summed E-state index contributed by atoms with van der Waals surface area (Å²) in [4.78, 5) is 13.2. The van der Waals surface area contributed by atoms with Crippen LogP contribution in [0.3, 0.4) is 0 Å². The van der Waals surface area contributed by atoms with E-state index >= 15 is 0 Å². The smallest absolute Gasteiger partial charge is 0.409 e. The molecule has 2 rings (SSSR count). The van der Waals surface area contributed by atoms with Crippen molar-refractivity contribution >= 4 is 6.09 Å². The zero-order valence-electron chi connectivity index (χ0n) is 11.2.